The predicted octanol–water partition coefficient (Wildman–Crippen LogP) is 2.72. The van der Waals surface area contributed by atoms with E-state index in [2.05, 4.69) is 15.0 Å². The first kappa shape index (κ1) is 15.1. The molecule has 23 heavy (non-hydrogen) atoms. The Bertz CT molecular complexity index is 770. The second-order valence-electron chi connectivity index (χ2n) is 5.07. The lowest BCUT2D eigenvalue weighted by Crippen LogP contribution is -2.03. The summed E-state index contributed by atoms with van der Waals surface area (Å²) in [6, 6.07) is 11.7. The molecular weight excluding hydrogens is 288 g/mol. The minimum atomic E-state index is 0.614. The lowest BCUT2D eigenvalue weighted by Gasteiger charge is -2.08. The smallest absolute Gasteiger partial charge is 0.118 e. The summed E-state index contributed by atoms with van der Waals surface area (Å²) < 4.78 is 5.20. The van der Waals surface area contributed by atoms with Crippen molar-refractivity contribution in [3.8, 4) is 28.4 Å². The summed E-state index contributed by atoms with van der Waals surface area (Å²) in [6.07, 6.45) is 6.03. The number of nitrogens with two attached hydrogens (primary N) is 1. The fourth-order valence-electron chi connectivity index (χ4n) is 2.36. The van der Waals surface area contributed by atoms with E-state index >= 15 is 0 Å². The van der Waals surface area contributed by atoms with Gasteiger partial charge in [-0.3, -0.25) is 15.0 Å². The van der Waals surface area contributed by atoms with Gasteiger partial charge < -0.3 is 10.5 Å². The Morgan fingerprint density at radius 3 is 2.26 bits per heavy atom. The van der Waals surface area contributed by atoms with Crippen molar-refractivity contribution in [2.75, 3.05) is 13.7 Å². The van der Waals surface area contributed by atoms with Gasteiger partial charge >= 0.3 is 0 Å². The van der Waals surface area contributed by atoms with Gasteiger partial charge in [-0.15, -0.1) is 0 Å². The van der Waals surface area contributed by atoms with E-state index in [-0.39, 0.29) is 0 Å². The van der Waals surface area contributed by atoms with Gasteiger partial charge in [-0.25, -0.2) is 0 Å². The standard InChI is InChI=1S/C18H18N4O/c1-23-15-5-3-14(4-6-15)17-18(21-11-10-20-17)16-7-2-13(8-9-19)12-22-16/h2-7,10-12H,8-9,19H2,1H3. The third kappa shape index (κ3) is 3.35. The second kappa shape index (κ2) is 6.98. The van der Waals surface area contributed by atoms with E-state index in [0.717, 1.165) is 40.4 Å². The van der Waals surface area contributed by atoms with Gasteiger partial charge in [0.2, 0.25) is 0 Å². The minimum Gasteiger partial charge on any atom is -0.497 e. The Balaban J connectivity index is 1.99. The summed E-state index contributed by atoms with van der Waals surface area (Å²) in [7, 11) is 1.65. The van der Waals surface area contributed by atoms with Crippen LogP contribution in [0.5, 0.6) is 5.75 Å². The van der Waals surface area contributed by atoms with Gasteiger partial charge in [0.25, 0.3) is 0 Å². The van der Waals surface area contributed by atoms with Crippen LogP contribution in [0.25, 0.3) is 22.6 Å². The van der Waals surface area contributed by atoms with Crippen LogP contribution < -0.4 is 10.5 Å². The molecule has 1 aromatic carbocycles. The van der Waals surface area contributed by atoms with Gasteiger partial charge in [0.05, 0.1) is 18.5 Å². The number of hydrogen-bond acceptors (Lipinski definition) is 5. The molecule has 0 aliphatic carbocycles. The molecule has 3 rings (SSSR count). The molecule has 2 N–H and O–H groups in total. The lowest BCUT2D eigenvalue weighted by atomic mass is 10.1. The maximum Gasteiger partial charge on any atom is 0.118 e. The van der Waals surface area contributed by atoms with Crippen LogP contribution in [-0.4, -0.2) is 28.6 Å². The molecule has 2 aromatic heterocycles. The fraction of sp³-hybridized carbons (Fsp3) is 0.167. The predicted molar refractivity (Wildman–Crippen MR) is 90.0 cm³/mol. The molecule has 0 aliphatic heterocycles. The Hall–Kier alpha value is -2.79. The van der Waals surface area contributed by atoms with E-state index in [1.165, 1.54) is 0 Å². The Morgan fingerprint density at radius 2 is 1.65 bits per heavy atom. The van der Waals surface area contributed by atoms with Crippen molar-refractivity contribution in [3.63, 3.8) is 0 Å². The molecule has 3 aromatic rings. The van der Waals surface area contributed by atoms with Crippen molar-refractivity contribution in [1.29, 1.82) is 0 Å². The number of ether oxygens (including phenoxy) is 1. The lowest BCUT2D eigenvalue weighted by molar-refractivity contribution is 0.415. The van der Waals surface area contributed by atoms with Crippen LogP contribution in [0.2, 0.25) is 0 Å². The third-order valence-electron chi connectivity index (χ3n) is 3.56. The average Bonchev–Trinajstić information content (AvgIpc) is 2.63. The summed E-state index contributed by atoms with van der Waals surface area (Å²) in [5, 5.41) is 0. The van der Waals surface area contributed by atoms with Crippen molar-refractivity contribution in [2.24, 2.45) is 5.73 Å². The molecule has 0 aliphatic rings. The van der Waals surface area contributed by atoms with Crippen LogP contribution in [0.4, 0.5) is 0 Å². The molecule has 0 amide bonds. The molecule has 0 spiro atoms. The number of nitrogens with zero attached hydrogens (tertiary/aromatic N) is 3. The van der Waals surface area contributed by atoms with E-state index in [0.29, 0.717) is 6.54 Å². The molecule has 2 heterocycles. The summed E-state index contributed by atoms with van der Waals surface area (Å²) in [5.41, 5.74) is 10.0. The van der Waals surface area contributed by atoms with Crippen LogP contribution in [0.3, 0.4) is 0 Å². The first-order valence-corrected chi connectivity index (χ1v) is 7.42. The van der Waals surface area contributed by atoms with Gasteiger partial charge in [0, 0.05) is 24.2 Å². The highest BCUT2D eigenvalue weighted by atomic mass is 16.5. The van der Waals surface area contributed by atoms with Gasteiger partial charge in [0.1, 0.15) is 11.4 Å². The van der Waals surface area contributed by atoms with Crippen LogP contribution in [0.15, 0.2) is 55.0 Å². The Morgan fingerprint density at radius 1 is 0.913 bits per heavy atom. The summed E-state index contributed by atoms with van der Waals surface area (Å²) in [5.74, 6) is 0.809. The minimum absolute atomic E-state index is 0.614. The van der Waals surface area contributed by atoms with Gasteiger partial charge in [-0.05, 0) is 48.9 Å². The third-order valence-corrected chi connectivity index (χ3v) is 3.56. The molecule has 5 nitrogen and oxygen atoms in total. The van der Waals surface area contributed by atoms with Crippen LogP contribution in [0.1, 0.15) is 5.56 Å². The van der Waals surface area contributed by atoms with Gasteiger partial charge in [0.15, 0.2) is 0 Å². The van der Waals surface area contributed by atoms with E-state index in [4.69, 9.17) is 10.5 Å². The molecule has 0 saturated carbocycles. The Kier molecular flexibility index (Phi) is 4.59. The molecule has 0 atom stereocenters. The zero-order valence-electron chi connectivity index (χ0n) is 12.9. The zero-order valence-corrected chi connectivity index (χ0v) is 12.9. The van der Waals surface area contributed by atoms with Crippen molar-refractivity contribution in [1.82, 2.24) is 15.0 Å². The quantitative estimate of drug-likeness (QED) is 0.784. The van der Waals surface area contributed by atoms with Crippen molar-refractivity contribution >= 4 is 0 Å². The normalized spacial score (nSPS) is 10.5. The number of pyridine rings is 1. The molecule has 5 heteroatoms. The molecule has 0 fully saturated rings. The van der Waals surface area contributed by atoms with Crippen LogP contribution in [-0.2, 0) is 6.42 Å². The van der Waals surface area contributed by atoms with E-state index in [1.807, 2.05) is 42.6 Å². The number of benzene rings is 1. The highest BCUT2D eigenvalue weighted by Crippen LogP contribution is 2.28. The first-order valence-electron chi connectivity index (χ1n) is 7.42. The van der Waals surface area contributed by atoms with E-state index in [1.54, 1.807) is 19.5 Å². The highest BCUT2D eigenvalue weighted by Gasteiger charge is 2.11. The van der Waals surface area contributed by atoms with Crippen molar-refractivity contribution in [2.45, 2.75) is 6.42 Å². The van der Waals surface area contributed by atoms with Crippen molar-refractivity contribution in [3.05, 3.63) is 60.6 Å². The maximum atomic E-state index is 5.57. The first-order chi connectivity index (χ1) is 11.3. The van der Waals surface area contributed by atoms with Crippen LogP contribution >= 0.6 is 0 Å². The van der Waals surface area contributed by atoms with E-state index < -0.39 is 0 Å². The molecule has 0 unspecified atom stereocenters. The number of aromatic nitrogens is 3. The maximum absolute atomic E-state index is 5.57. The van der Waals surface area contributed by atoms with Crippen molar-refractivity contribution < 1.29 is 4.74 Å². The largest absolute Gasteiger partial charge is 0.497 e. The molecule has 0 bridgehead atoms. The number of hydrogen-bond donors (Lipinski definition) is 1. The van der Waals surface area contributed by atoms with Gasteiger partial charge in [-0.2, -0.15) is 0 Å². The molecule has 116 valence electrons. The van der Waals surface area contributed by atoms with Crippen LogP contribution in [0, 0.1) is 0 Å². The average molecular weight is 306 g/mol. The summed E-state index contributed by atoms with van der Waals surface area (Å²) in [4.78, 5) is 13.4. The molecular formula is C18H18N4O. The Labute approximate surface area is 135 Å². The second-order valence-corrected chi connectivity index (χ2v) is 5.07. The number of rotatable bonds is 5. The fourth-order valence-corrected chi connectivity index (χ4v) is 2.36. The van der Waals surface area contributed by atoms with E-state index in [9.17, 15) is 0 Å². The molecule has 0 saturated heterocycles. The highest BCUT2D eigenvalue weighted by molar-refractivity contribution is 5.76. The topological polar surface area (TPSA) is 73.9 Å². The summed E-state index contributed by atoms with van der Waals surface area (Å²) >= 11 is 0. The zero-order chi connectivity index (χ0) is 16.1. The SMILES string of the molecule is COc1ccc(-c2nccnc2-c2ccc(CCN)cn2)cc1. The summed E-state index contributed by atoms with van der Waals surface area (Å²) in [6.45, 7) is 0.614. The number of methoxy groups -OCH3 is 1. The monoisotopic (exact) mass is 306 g/mol. The van der Waals surface area contributed by atoms with Gasteiger partial charge in [-0.1, -0.05) is 6.07 Å². The molecule has 0 radical (unpaired) electrons.